The van der Waals surface area contributed by atoms with Gasteiger partial charge >= 0.3 is 0 Å². The van der Waals surface area contributed by atoms with Crippen LogP contribution in [-0.4, -0.2) is 25.0 Å². The lowest BCUT2D eigenvalue weighted by atomic mass is 10.0. The van der Waals surface area contributed by atoms with Gasteiger partial charge in [0.2, 0.25) is 5.91 Å². The van der Waals surface area contributed by atoms with E-state index < -0.39 is 0 Å². The van der Waals surface area contributed by atoms with E-state index in [2.05, 4.69) is 5.32 Å². The first-order chi connectivity index (χ1) is 8.25. The number of amides is 1. The molecule has 17 heavy (non-hydrogen) atoms. The monoisotopic (exact) mass is 234 g/mol. The van der Waals surface area contributed by atoms with E-state index in [0.29, 0.717) is 6.42 Å². The highest BCUT2D eigenvalue weighted by atomic mass is 19.1. The van der Waals surface area contributed by atoms with Crippen LogP contribution in [0.25, 0.3) is 0 Å². The van der Waals surface area contributed by atoms with Crippen LogP contribution in [0.15, 0.2) is 18.2 Å². The van der Waals surface area contributed by atoms with Crippen molar-refractivity contribution in [3.05, 3.63) is 29.6 Å². The largest absolute Gasteiger partial charge is 0.317 e. The van der Waals surface area contributed by atoms with Gasteiger partial charge in [0.05, 0.1) is 12.1 Å². The van der Waals surface area contributed by atoms with Gasteiger partial charge in [0.1, 0.15) is 5.82 Å². The molecule has 0 aromatic heterocycles. The van der Waals surface area contributed by atoms with Gasteiger partial charge in [-0.2, -0.15) is 0 Å². The molecule has 0 bridgehead atoms. The van der Waals surface area contributed by atoms with Gasteiger partial charge in [-0.25, -0.2) is 4.39 Å². The van der Waals surface area contributed by atoms with Gasteiger partial charge < -0.3 is 10.2 Å². The smallest absolute Gasteiger partial charge is 0.231 e. The van der Waals surface area contributed by atoms with E-state index in [0.717, 1.165) is 37.2 Å². The second-order valence-electron chi connectivity index (χ2n) is 4.69. The molecule has 1 saturated heterocycles. The average molecular weight is 234 g/mol. The zero-order chi connectivity index (χ0) is 11.8. The molecule has 1 fully saturated rings. The Hall–Kier alpha value is -1.42. The Bertz CT molecular complexity index is 455. The van der Waals surface area contributed by atoms with Crippen LogP contribution in [0.4, 0.5) is 10.1 Å². The predicted molar refractivity (Wildman–Crippen MR) is 63.5 cm³/mol. The van der Waals surface area contributed by atoms with Crippen molar-refractivity contribution in [2.24, 2.45) is 0 Å². The molecule has 1 aromatic carbocycles. The van der Waals surface area contributed by atoms with Crippen molar-refractivity contribution in [2.45, 2.75) is 25.3 Å². The van der Waals surface area contributed by atoms with Crippen LogP contribution in [0.3, 0.4) is 0 Å². The number of piperidine rings is 1. The van der Waals surface area contributed by atoms with E-state index in [1.54, 1.807) is 11.0 Å². The van der Waals surface area contributed by atoms with Crippen LogP contribution in [0.5, 0.6) is 0 Å². The summed E-state index contributed by atoms with van der Waals surface area (Å²) in [7, 11) is 0. The van der Waals surface area contributed by atoms with E-state index in [4.69, 9.17) is 0 Å². The maximum Gasteiger partial charge on any atom is 0.231 e. The number of nitrogens with one attached hydrogen (secondary N) is 1. The number of hydrogen-bond donors (Lipinski definition) is 1. The molecule has 90 valence electrons. The number of carbonyl (C=O) groups is 1. The summed E-state index contributed by atoms with van der Waals surface area (Å²) in [6.07, 6.45) is 2.31. The van der Waals surface area contributed by atoms with Crippen molar-refractivity contribution < 1.29 is 9.18 Å². The van der Waals surface area contributed by atoms with Crippen LogP contribution >= 0.6 is 0 Å². The molecule has 1 N–H and O–H groups in total. The molecule has 3 nitrogen and oxygen atoms in total. The first kappa shape index (κ1) is 10.7. The predicted octanol–water partition coefficient (Wildman–Crippen LogP) is 1.47. The van der Waals surface area contributed by atoms with Crippen molar-refractivity contribution in [3.63, 3.8) is 0 Å². The summed E-state index contributed by atoms with van der Waals surface area (Å²) in [6.45, 7) is 1.86. The fourth-order valence-corrected chi connectivity index (χ4v) is 2.76. The molecule has 2 aliphatic heterocycles. The fraction of sp³-hybridized carbons (Fsp3) is 0.462. The zero-order valence-corrected chi connectivity index (χ0v) is 9.58. The summed E-state index contributed by atoms with van der Waals surface area (Å²) >= 11 is 0. The molecule has 4 heteroatoms. The van der Waals surface area contributed by atoms with E-state index >= 15 is 0 Å². The Morgan fingerprint density at radius 2 is 2.06 bits per heavy atom. The first-order valence-electron chi connectivity index (χ1n) is 6.07. The highest BCUT2D eigenvalue weighted by Crippen LogP contribution is 2.33. The quantitative estimate of drug-likeness (QED) is 0.798. The molecule has 0 aliphatic carbocycles. The van der Waals surface area contributed by atoms with Gasteiger partial charge in [-0.05, 0) is 43.6 Å². The van der Waals surface area contributed by atoms with Crippen molar-refractivity contribution in [1.82, 2.24) is 5.32 Å². The van der Waals surface area contributed by atoms with Gasteiger partial charge in [0.25, 0.3) is 0 Å². The Kier molecular flexibility index (Phi) is 2.59. The molecule has 3 rings (SSSR count). The minimum Gasteiger partial charge on any atom is -0.317 e. The number of rotatable bonds is 1. The Balaban J connectivity index is 1.95. The minimum atomic E-state index is -0.266. The van der Waals surface area contributed by atoms with Crippen LogP contribution in [0.1, 0.15) is 18.4 Å². The highest BCUT2D eigenvalue weighted by molar-refractivity contribution is 6.01. The molecule has 0 unspecified atom stereocenters. The maximum atomic E-state index is 13.3. The second-order valence-corrected chi connectivity index (χ2v) is 4.69. The van der Waals surface area contributed by atoms with Gasteiger partial charge in [-0.15, -0.1) is 0 Å². The van der Waals surface area contributed by atoms with Crippen molar-refractivity contribution >= 4 is 11.6 Å². The van der Waals surface area contributed by atoms with Crippen LogP contribution < -0.4 is 10.2 Å². The summed E-state index contributed by atoms with van der Waals surface area (Å²) < 4.78 is 13.3. The number of benzene rings is 1. The summed E-state index contributed by atoms with van der Waals surface area (Å²) in [4.78, 5) is 13.8. The van der Waals surface area contributed by atoms with E-state index in [1.807, 2.05) is 0 Å². The summed E-state index contributed by atoms with van der Waals surface area (Å²) in [6, 6.07) is 4.87. The molecular formula is C13H15FN2O. The normalized spacial score (nSPS) is 20.8. The van der Waals surface area contributed by atoms with E-state index in [-0.39, 0.29) is 17.8 Å². The Morgan fingerprint density at radius 3 is 2.82 bits per heavy atom. The lowest BCUT2D eigenvalue weighted by Gasteiger charge is -2.32. The third-order valence-corrected chi connectivity index (χ3v) is 3.59. The van der Waals surface area contributed by atoms with E-state index in [9.17, 15) is 9.18 Å². The fourth-order valence-electron chi connectivity index (χ4n) is 2.76. The molecule has 0 spiro atoms. The van der Waals surface area contributed by atoms with Crippen molar-refractivity contribution in [3.8, 4) is 0 Å². The maximum absolute atomic E-state index is 13.3. The number of halogens is 1. The Morgan fingerprint density at radius 1 is 1.29 bits per heavy atom. The second kappa shape index (κ2) is 4.11. The number of anilines is 1. The average Bonchev–Trinajstić information content (AvgIpc) is 2.65. The van der Waals surface area contributed by atoms with Gasteiger partial charge in [0, 0.05) is 6.04 Å². The SMILES string of the molecule is O=C1Cc2ccc(F)cc2N1C1CCNCC1. The van der Waals surface area contributed by atoms with Crippen molar-refractivity contribution in [2.75, 3.05) is 18.0 Å². The standard InChI is InChI=1S/C13H15FN2O/c14-10-2-1-9-7-13(17)16(12(9)8-10)11-3-5-15-6-4-11/h1-2,8,11,15H,3-7H2. The zero-order valence-electron chi connectivity index (χ0n) is 9.58. The topological polar surface area (TPSA) is 32.3 Å². The van der Waals surface area contributed by atoms with Crippen LogP contribution in [0, 0.1) is 5.82 Å². The van der Waals surface area contributed by atoms with Crippen LogP contribution in [0.2, 0.25) is 0 Å². The van der Waals surface area contributed by atoms with Gasteiger partial charge in [-0.1, -0.05) is 6.07 Å². The molecule has 2 heterocycles. The summed E-state index contributed by atoms with van der Waals surface area (Å²) in [5.41, 5.74) is 1.73. The Labute approximate surface area is 99.6 Å². The molecule has 0 saturated carbocycles. The molecule has 1 aromatic rings. The molecular weight excluding hydrogens is 219 g/mol. The summed E-state index contributed by atoms with van der Waals surface area (Å²) in [5, 5.41) is 3.28. The lowest BCUT2D eigenvalue weighted by molar-refractivity contribution is -0.117. The number of fused-ring (bicyclic) bond motifs is 1. The van der Waals surface area contributed by atoms with Crippen LogP contribution in [-0.2, 0) is 11.2 Å². The molecule has 2 aliphatic rings. The number of nitrogens with zero attached hydrogens (tertiary/aromatic N) is 1. The lowest BCUT2D eigenvalue weighted by Crippen LogP contribution is -2.44. The molecule has 0 radical (unpaired) electrons. The van der Waals surface area contributed by atoms with E-state index in [1.165, 1.54) is 12.1 Å². The minimum absolute atomic E-state index is 0.109. The highest BCUT2D eigenvalue weighted by Gasteiger charge is 2.33. The van der Waals surface area contributed by atoms with Gasteiger partial charge in [-0.3, -0.25) is 4.79 Å². The number of hydrogen-bond acceptors (Lipinski definition) is 2. The summed E-state index contributed by atoms with van der Waals surface area (Å²) in [5.74, 6) is -0.158. The van der Waals surface area contributed by atoms with Crippen molar-refractivity contribution in [1.29, 1.82) is 0 Å². The third-order valence-electron chi connectivity index (χ3n) is 3.59. The first-order valence-corrected chi connectivity index (χ1v) is 6.07. The van der Waals surface area contributed by atoms with Gasteiger partial charge in [0.15, 0.2) is 0 Å². The molecule has 0 atom stereocenters. The third kappa shape index (κ3) is 1.82. The number of carbonyl (C=O) groups excluding carboxylic acids is 1. The molecule has 1 amide bonds.